The molecule has 0 spiro atoms. The Kier molecular flexibility index (Phi) is 6.26. The zero-order valence-electron chi connectivity index (χ0n) is 16.9. The number of likely N-dealkylation sites (tertiary alicyclic amines) is 1. The fourth-order valence-electron chi connectivity index (χ4n) is 3.68. The van der Waals surface area contributed by atoms with E-state index in [0.29, 0.717) is 24.6 Å². The van der Waals surface area contributed by atoms with Crippen LogP contribution in [0, 0.1) is 11.7 Å². The largest absolute Gasteiger partial charge is 0.481 e. The molecule has 1 atom stereocenters. The van der Waals surface area contributed by atoms with Gasteiger partial charge in [-0.1, -0.05) is 12.1 Å². The summed E-state index contributed by atoms with van der Waals surface area (Å²) in [7, 11) is 0. The van der Waals surface area contributed by atoms with Crippen LogP contribution >= 0.6 is 0 Å². The molecule has 2 fully saturated rings. The van der Waals surface area contributed by atoms with E-state index in [2.05, 4.69) is 10.3 Å². The van der Waals surface area contributed by atoms with Crippen molar-refractivity contribution in [3.05, 3.63) is 59.7 Å². The number of carbonyl (C=O) groups is 2. The number of amides is 2. The highest BCUT2D eigenvalue weighted by Gasteiger charge is 2.26. The van der Waals surface area contributed by atoms with Gasteiger partial charge >= 0.3 is 0 Å². The Balaban J connectivity index is 1.31. The van der Waals surface area contributed by atoms with Crippen molar-refractivity contribution in [2.45, 2.75) is 31.6 Å². The van der Waals surface area contributed by atoms with Crippen molar-refractivity contribution in [1.82, 2.24) is 15.2 Å². The van der Waals surface area contributed by atoms with Gasteiger partial charge in [0.25, 0.3) is 11.8 Å². The van der Waals surface area contributed by atoms with E-state index in [1.54, 1.807) is 29.3 Å². The third-order valence-corrected chi connectivity index (χ3v) is 5.68. The van der Waals surface area contributed by atoms with Crippen LogP contribution in [0.15, 0.2) is 42.6 Å². The third-order valence-electron chi connectivity index (χ3n) is 5.68. The fourth-order valence-corrected chi connectivity index (χ4v) is 3.68. The lowest BCUT2D eigenvalue weighted by Crippen LogP contribution is -2.41. The van der Waals surface area contributed by atoms with Gasteiger partial charge in [-0.05, 0) is 55.9 Å². The molecule has 158 valence electrons. The molecule has 1 aromatic carbocycles. The number of para-hydroxylation sites is 1. The molecule has 2 aliphatic rings. The fraction of sp³-hybridized carbons (Fsp3) is 0.435. The molecule has 0 bridgehead atoms. The van der Waals surface area contributed by atoms with Crippen molar-refractivity contribution in [2.24, 2.45) is 5.92 Å². The Morgan fingerprint density at radius 2 is 2.00 bits per heavy atom. The van der Waals surface area contributed by atoms with Crippen LogP contribution in [0.2, 0.25) is 0 Å². The number of nitrogens with zero attached hydrogens (tertiary/aromatic N) is 2. The monoisotopic (exact) mass is 411 g/mol. The maximum atomic E-state index is 13.7. The number of piperidine rings is 1. The van der Waals surface area contributed by atoms with Crippen molar-refractivity contribution in [3.8, 4) is 5.75 Å². The molecule has 6 nitrogen and oxygen atoms in total. The first-order valence-corrected chi connectivity index (χ1v) is 10.5. The summed E-state index contributed by atoms with van der Waals surface area (Å²) in [6.07, 6.45) is 5.79. The molecule has 7 heteroatoms. The average Bonchev–Trinajstić information content (AvgIpc) is 3.61. The van der Waals surface area contributed by atoms with E-state index >= 15 is 0 Å². The molecule has 0 unspecified atom stereocenters. The summed E-state index contributed by atoms with van der Waals surface area (Å²) in [5, 5.41) is 2.94. The van der Waals surface area contributed by atoms with Crippen molar-refractivity contribution in [1.29, 1.82) is 0 Å². The first kappa shape index (κ1) is 20.3. The maximum absolute atomic E-state index is 13.7. The highest BCUT2D eigenvalue weighted by molar-refractivity contribution is 5.93. The second-order valence-electron chi connectivity index (χ2n) is 8.02. The second-order valence-corrected chi connectivity index (χ2v) is 8.02. The van der Waals surface area contributed by atoms with Crippen LogP contribution in [0.4, 0.5) is 4.39 Å². The van der Waals surface area contributed by atoms with E-state index in [4.69, 9.17) is 4.74 Å². The van der Waals surface area contributed by atoms with Gasteiger partial charge in [0.1, 0.15) is 0 Å². The quantitative estimate of drug-likeness (QED) is 0.760. The highest BCUT2D eigenvalue weighted by Crippen LogP contribution is 2.28. The van der Waals surface area contributed by atoms with Crippen LogP contribution in [0.1, 0.15) is 47.7 Å². The smallest absolute Gasteiger partial charge is 0.260 e. The lowest BCUT2D eigenvalue weighted by Gasteiger charge is -2.32. The molecular weight excluding hydrogens is 385 g/mol. The molecular formula is C23H26FN3O3. The molecule has 2 aromatic rings. The Hall–Kier alpha value is -2.96. The predicted octanol–water partition coefficient (Wildman–Crippen LogP) is 3.15. The number of rotatable bonds is 7. The van der Waals surface area contributed by atoms with Gasteiger partial charge in [0, 0.05) is 37.4 Å². The third kappa shape index (κ3) is 5.14. The van der Waals surface area contributed by atoms with Gasteiger partial charge in [0.15, 0.2) is 18.2 Å². The Morgan fingerprint density at radius 3 is 2.73 bits per heavy atom. The lowest BCUT2D eigenvalue weighted by molar-refractivity contribution is -0.134. The van der Waals surface area contributed by atoms with E-state index in [0.717, 1.165) is 25.1 Å². The molecule has 1 aromatic heterocycles. The van der Waals surface area contributed by atoms with E-state index in [1.165, 1.54) is 25.0 Å². The van der Waals surface area contributed by atoms with Crippen molar-refractivity contribution in [2.75, 3.05) is 26.2 Å². The van der Waals surface area contributed by atoms with E-state index in [9.17, 15) is 14.0 Å². The van der Waals surface area contributed by atoms with Gasteiger partial charge in [0.05, 0.1) is 5.56 Å². The van der Waals surface area contributed by atoms with Gasteiger partial charge in [0.2, 0.25) is 0 Å². The van der Waals surface area contributed by atoms with Crippen LogP contribution in [0.3, 0.4) is 0 Å². The van der Waals surface area contributed by atoms with Crippen molar-refractivity contribution < 1.29 is 18.7 Å². The number of aromatic nitrogens is 1. The molecule has 4 rings (SSSR count). The van der Waals surface area contributed by atoms with Gasteiger partial charge in [-0.2, -0.15) is 0 Å². The first-order valence-electron chi connectivity index (χ1n) is 10.5. The topological polar surface area (TPSA) is 71.5 Å². The minimum atomic E-state index is -0.479. The molecule has 30 heavy (non-hydrogen) atoms. The molecule has 1 aliphatic heterocycles. The van der Waals surface area contributed by atoms with E-state index in [1.807, 2.05) is 6.07 Å². The highest BCUT2D eigenvalue weighted by atomic mass is 19.1. The summed E-state index contributed by atoms with van der Waals surface area (Å²) < 4.78 is 19.0. The zero-order valence-corrected chi connectivity index (χ0v) is 16.9. The number of hydrogen-bond acceptors (Lipinski definition) is 4. The van der Waals surface area contributed by atoms with Gasteiger partial charge in [-0.15, -0.1) is 0 Å². The SMILES string of the molecule is O=C(NCC1CC1)c1ccc([C@H]2CCCN(C(=O)COc3ccccc3F)C2)nc1. The van der Waals surface area contributed by atoms with Crippen LogP contribution in [0.5, 0.6) is 5.75 Å². The normalized spacial score (nSPS) is 18.7. The summed E-state index contributed by atoms with van der Waals surface area (Å²) in [6, 6.07) is 9.73. The van der Waals surface area contributed by atoms with Crippen molar-refractivity contribution >= 4 is 11.8 Å². The summed E-state index contributed by atoms with van der Waals surface area (Å²) >= 11 is 0. The standard InChI is InChI=1S/C23H26FN3O3/c24-19-5-1-2-6-21(19)30-15-22(28)27-11-3-4-18(14-27)20-10-9-17(13-25-20)23(29)26-12-16-7-8-16/h1-2,5-6,9-10,13,16,18H,3-4,7-8,11-12,14-15H2,(H,26,29)/t18-/m0/s1. The van der Waals surface area contributed by atoms with Crippen LogP contribution in [-0.4, -0.2) is 47.9 Å². The molecule has 1 N–H and O–H groups in total. The molecule has 2 heterocycles. The maximum Gasteiger partial charge on any atom is 0.260 e. The minimum absolute atomic E-state index is 0.0802. The van der Waals surface area contributed by atoms with Crippen LogP contribution < -0.4 is 10.1 Å². The zero-order chi connectivity index (χ0) is 20.9. The molecule has 1 saturated heterocycles. The Labute approximate surface area is 175 Å². The number of pyridine rings is 1. The number of halogens is 1. The predicted molar refractivity (Wildman–Crippen MR) is 110 cm³/mol. The Bertz CT molecular complexity index is 899. The second kappa shape index (κ2) is 9.24. The summed E-state index contributed by atoms with van der Waals surface area (Å²) in [4.78, 5) is 30.9. The summed E-state index contributed by atoms with van der Waals surface area (Å²) in [6.45, 7) is 1.73. The van der Waals surface area contributed by atoms with E-state index in [-0.39, 0.29) is 30.1 Å². The lowest BCUT2D eigenvalue weighted by atomic mass is 9.94. The van der Waals surface area contributed by atoms with Crippen molar-refractivity contribution in [3.63, 3.8) is 0 Å². The van der Waals surface area contributed by atoms with Crippen LogP contribution in [-0.2, 0) is 4.79 Å². The van der Waals surface area contributed by atoms with Crippen LogP contribution in [0.25, 0.3) is 0 Å². The summed E-state index contributed by atoms with van der Waals surface area (Å²) in [5.41, 5.74) is 1.43. The average molecular weight is 411 g/mol. The minimum Gasteiger partial charge on any atom is -0.481 e. The molecule has 1 aliphatic carbocycles. The molecule has 0 radical (unpaired) electrons. The number of hydrogen-bond donors (Lipinski definition) is 1. The molecule has 2 amide bonds. The van der Waals surface area contributed by atoms with Gasteiger partial charge in [-0.3, -0.25) is 14.6 Å². The number of ether oxygens (including phenoxy) is 1. The number of carbonyl (C=O) groups excluding carboxylic acids is 2. The van der Waals surface area contributed by atoms with Gasteiger partial charge in [-0.25, -0.2) is 4.39 Å². The molecule has 1 saturated carbocycles. The van der Waals surface area contributed by atoms with E-state index < -0.39 is 5.82 Å². The number of benzene rings is 1. The first-order chi connectivity index (χ1) is 14.6. The van der Waals surface area contributed by atoms with Gasteiger partial charge < -0.3 is 15.0 Å². The number of nitrogens with one attached hydrogen (secondary N) is 1. The summed E-state index contributed by atoms with van der Waals surface area (Å²) in [5.74, 6) is 0.0867. The Morgan fingerprint density at radius 1 is 1.17 bits per heavy atom.